The van der Waals surface area contributed by atoms with Crippen LogP contribution in [0.5, 0.6) is 5.75 Å². The van der Waals surface area contributed by atoms with Crippen molar-refractivity contribution in [2.45, 2.75) is 33.1 Å². The molecule has 1 aromatic carbocycles. The van der Waals surface area contributed by atoms with Crippen LogP contribution in [0.2, 0.25) is 0 Å². The summed E-state index contributed by atoms with van der Waals surface area (Å²) in [6.07, 6.45) is 2.11. The van der Waals surface area contributed by atoms with E-state index in [0.29, 0.717) is 24.3 Å². The van der Waals surface area contributed by atoms with E-state index in [0.717, 1.165) is 29.4 Å². The fourth-order valence-electron chi connectivity index (χ4n) is 2.55. The lowest BCUT2D eigenvalue weighted by molar-refractivity contribution is -0.123. The SMILES string of the molecule is CCCc1cc(=O)oc2cc(C)cc(OCC(=O)NCCCO)c12. The highest BCUT2D eigenvalue weighted by atomic mass is 16.5. The average Bonchev–Trinajstić information content (AvgIpc) is 2.52. The molecule has 6 nitrogen and oxygen atoms in total. The van der Waals surface area contributed by atoms with E-state index in [1.807, 2.05) is 19.9 Å². The fourth-order valence-corrected chi connectivity index (χ4v) is 2.55. The van der Waals surface area contributed by atoms with Crippen LogP contribution in [0.1, 0.15) is 30.9 Å². The molecule has 2 rings (SSSR count). The number of amides is 1. The topological polar surface area (TPSA) is 88.8 Å². The predicted molar refractivity (Wildman–Crippen MR) is 91.4 cm³/mol. The highest BCUT2D eigenvalue weighted by Gasteiger charge is 2.13. The minimum atomic E-state index is -0.385. The number of hydrogen-bond acceptors (Lipinski definition) is 5. The lowest BCUT2D eigenvalue weighted by Crippen LogP contribution is -2.30. The zero-order valence-electron chi connectivity index (χ0n) is 14.1. The Kier molecular flexibility index (Phi) is 6.37. The molecule has 0 bridgehead atoms. The Morgan fingerprint density at radius 2 is 2.12 bits per heavy atom. The second kappa shape index (κ2) is 8.49. The fraction of sp³-hybridized carbons (Fsp3) is 0.444. The molecule has 0 aliphatic heterocycles. The maximum absolute atomic E-state index is 11.8. The summed E-state index contributed by atoms with van der Waals surface area (Å²) in [4.78, 5) is 23.5. The van der Waals surface area contributed by atoms with Crippen molar-refractivity contribution in [2.24, 2.45) is 0 Å². The van der Waals surface area contributed by atoms with Crippen molar-refractivity contribution in [1.82, 2.24) is 5.32 Å². The number of benzene rings is 1. The summed E-state index contributed by atoms with van der Waals surface area (Å²) < 4.78 is 11.0. The van der Waals surface area contributed by atoms with Crippen molar-refractivity contribution in [3.63, 3.8) is 0 Å². The lowest BCUT2D eigenvalue weighted by Gasteiger charge is -2.13. The second-order valence-corrected chi connectivity index (χ2v) is 5.69. The van der Waals surface area contributed by atoms with E-state index in [-0.39, 0.29) is 24.7 Å². The van der Waals surface area contributed by atoms with Crippen molar-refractivity contribution in [1.29, 1.82) is 0 Å². The first kappa shape index (κ1) is 18.0. The first-order valence-corrected chi connectivity index (χ1v) is 8.13. The Bertz CT molecular complexity index is 766. The summed E-state index contributed by atoms with van der Waals surface area (Å²) in [6, 6.07) is 5.11. The average molecular weight is 333 g/mol. The number of carbonyl (C=O) groups is 1. The summed E-state index contributed by atoms with van der Waals surface area (Å²) in [6.45, 7) is 4.21. The number of aliphatic hydroxyl groups is 1. The minimum Gasteiger partial charge on any atom is -0.483 e. The van der Waals surface area contributed by atoms with Crippen LogP contribution in [-0.4, -0.2) is 30.8 Å². The smallest absolute Gasteiger partial charge is 0.336 e. The third kappa shape index (κ3) is 4.58. The van der Waals surface area contributed by atoms with Crippen LogP contribution in [0.25, 0.3) is 11.0 Å². The number of nitrogens with one attached hydrogen (secondary N) is 1. The van der Waals surface area contributed by atoms with Gasteiger partial charge >= 0.3 is 5.63 Å². The first-order chi connectivity index (χ1) is 11.5. The van der Waals surface area contributed by atoms with E-state index in [4.69, 9.17) is 14.3 Å². The molecule has 0 saturated heterocycles. The highest BCUT2D eigenvalue weighted by Crippen LogP contribution is 2.30. The van der Waals surface area contributed by atoms with Crippen molar-refractivity contribution >= 4 is 16.9 Å². The van der Waals surface area contributed by atoms with E-state index in [1.165, 1.54) is 6.07 Å². The number of aliphatic hydroxyl groups excluding tert-OH is 1. The number of carbonyl (C=O) groups excluding carboxylic acids is 1. The van der Waals surface area contributed by atoms with Crippen LogP contribution in [0.4, 0.5) is 0 Å². The molecule has 2 aromatic rings. The Morgan fingerprint density at radius 3 is 2.83 bits per heavy atom. The molecule has 0 spiro atoms. The van der Waals surface area contributed by atoms with Gasteiger partial charge in [0.25, 0.3) is 5.91 Å². The second-order valence-electron chi connectivity index (χ2n) is 5.69. The van der Waals surface area contributed by atoms with Crippen molar-refractivity contribution in [3.05, 3.63) is 39.7 Å². The Hall–Kier alpha value is -2.34. The molecule has 0 saturated carbocycles. The van der Waals surface area contributed by atoms with Gasteiger partial charge in [0.2, 0.25) is 0 Å². The zero-order chi connectivity index (χ0) is 17.5. The van der Waals surface area contributed by atoms with E-state index in [1.54, 1.807) is 6.07 Å². The standard InChI is InChI=1S/C18H23NO5/c1-3-5-13-10-17(22)24-15-9-12(2)8-14(18(13)15)23-11-16(21)19-6-4-7-20/h8-10,20H,3-7,11H2,1-2H3,(H,19,21). The Balaban J connectivity index is 2.28. The molecule has 130 valence electrons. The largest absolute Gasteiger partial charge is 0.483 e. The maximum atomic E-state index is 11.8. The monoisotopic (exact) mass is 333 g/mol. The number of hydrogen-bond donors (Lipinski definition) is 2. The van der Waals surface area contributed by atoms with E-state index in [2.05, 4.69) is 5.32 Å². The maximum Gasteiger partial charge on any atom is 0.336 e. The van der Waals surface area contributed by atoms with Gasteiger partial charge in [0, 0.05) is 19.2 Å². The molecule has 0 aliphatic rings. The summed E-state index contributed by atoms with van der Waals surface area (Å²) >= 11 is 0. The van der Waals surface area contributed by atoms with Crippen molar-refractivity contribution < 1.29 is 19.1 Å². The lowest BCUT2D eigenvalue weighted by atomic mass is 10.0. The summed E-state index contributed by atoms with van der Waals surface area (Å²) in [7, 11) is 0. The Labute approximate surface area is 140 Å². The molecule has 6 heteroatoms. The number of ether oxygens (including phenoxy) is 1. The van der Waals surface area contributed by atoms with Gasteiger partial charge in [-0.15, -0.1) is 0 Å². The minimum absolute atomic E-state index is 0.0308. The first-order valence-electron chi connectivity index (χ1n) is 8.13. The van der Waals surface area contributed by atoms with E-state index >= 15 is 0 Å². The van der Waals surface area contributed by atoms with Crippen LogP contribution in [0, 0.1) is 6.92 Å². The quantitative estimate of drug-likeness (QED) is 0.569. The molecule has 1 heterocycles. The van der Waals surface area contributed by atoms with Gasteiger partial charge in [-0.3, -0.25) is 4.79 Å². The molecule has 1 aromatic heterocycles. The molecular weight excluding hydrogens is 310 g/mol. The van der Waals surface area contributed by atoms with Gasteiger partial charge in [0.1, 0.15) is 11.3 Å². The van der Waals surface area contributed by atoms with Gasteiger partial charge in [-0.2, -0.15) is 0 Å². The van der Waals surface area contributed by atoms with Crippen LogP contribution in [0.15, 0.2) is 27.4 Å². The molecule has 1 amide bonds. The summed E-state index contributed by atoms with van der Waals surface area (Å²) in [5.41, 5.74) is 1.83. The molecule has 0 atom stereocenters. The van der Waals surface area contributed by atoms with Gasteiger partial charge in [-0.05, 0) is 43.0 Å². The number of aryl methyl sites for hydroxylation is 2. The van der Waals surface area contributed by atoms with Crippen molar-refractivity contribution in [3.8, 4) is 5.75 Å². The molecule has 0 unspecified atom stereocenters. The van der Waals surface area contributed by atoms with Gasteiger partial charge in [0.05, 0.1) is 5.39 Å². The van der Waals surface area contributed by atoms with Crippen LogP contribution >= 0.6 is 0 Å². The number of rotatable bonds is 8. The molecule has 24 heavy (non-hydrogen) atoms. The van der Waals surface area contributed by atoms with Gasteiger partial charge in [0.15, 0.2) is 6.61 Å². The normalized spacial score (nSPS) is 10.8. The summed E-state index contributed by atoms with van der Waals surface area (Å²) in [5.74, 6) is 0.280. The van der Waals surface area contributed by atoms with Gasteiger partial charge in [-0.1, -0.05) is 13.3 Å². The Morgan fingerprint density at radius 1 is 1.33 bits per heavy atom. The zero-order valence-corrected chi connectivity index (χ0v) is 14.1. The third-order valence-corrected chi connectivity index (χ3v) is 3.57. The van der Waals surface area contributed by atoms with Crippen LogP contribution in [0.3, 0.4) is 0 Å². The van der Waals surface area contributed by atoms with Crippen LogP contribution < -0.4 is 15.7 Å². The third-order valence-electron chi connectivity index (χ3n) is 3.57. The predicted octanol–water partition coefficient (Wildman–Crippen LogP) is 1.93. The molecular formula is C18H23NO5. The molecule has 0 aliphatic carbocycles. The van der Waals surface area contributed by atoms with Gasteiger partial charge < -0.3 is 19.6 Å². The number of fused-ring (bicyclic) bond motifs is 1. The van der Waals surface area contributed by atoms with Gasteiger partial charge in [-0.25, -0.2) is 4.79 Å². The van der Waals surface area contributed by atoms with E-state index < -0.39 is 0 Å². The summed E-state index contributed by atoms with van der Waals surface area (Å²) in [5, 5.41) is 12.1. The van der Waals surface area contributed by atoms with E-state index in [9.17, 15) is 9.59 Å². The molecule has 0 fully saturated rings. The van der Waals surface area contributed by atoms with Crippen molar-refractivity contribution in [2.75, 3.05) is 19.8 Å². The highest BCUT2D eigenvalue weighted by molar-refractivity contribution is 5.88. The molecule has 0 radical (unpaired) electrons. The molecule has 2 N–H and O–H groups in total. The van der Waals surface area contributed by atoms with Crippen LogP contribution in [-0.2, 0) is 11.2 Å².